The van der Waals surface area contributed by atoms with E-state index in [2.05, 4.69) is 5.32 Å². The number of hydrogen-bond donors (Lipinski definition) is 2. The van der Waals surface area contributed by atoms with Gasteiger partial charge < -0.3 is 19.9 Å². The predicted molar refractivity (Wildman–Crippen MR) is 76.5 cm³/mol. The van der Waals surface area contributed by atoms with Crippen molar-refractivity contribution in [1.82, 2.24) is 5.32 Å². The molecule has 0 aliphatic rings. The standard InChI is InChI=1S/C13H17NO5S/c1-18-10-4-2-3-5-11(10)19-8-12(15)14-6-7-20-9-13(16)17/h2-5H,6-9H2,1H3,(H,14,15)(H,16,17). The van der Waals surface area contributed by atoms with Crippen LogP contribution in [0.15, 0.2) is 24.3 Å². The van der Waals surface area contributed by atoms with Crippen LogP contribution in [0.2, 0.25) is 0 Å². The fourth-order valence-corrected chi connectivity index (χ4v) is 1.92. The molecule has 1 amide bonds. The molecular weight excluding hydrogens is 282 g/mol. The topological polar surface area (TPSA) is 84.9 Å². The first-order valence-corrected chi connectivity index (χ1v) is 7.11. The Hall–Kier alpha value is -1.89. The number of ether oxygens (including phenoxy) is 2. The number of carbonyl (C=O) groups excluding carboxylic acids is 1. The summed E-state index contributed by atoms with van der Waals surface area (Å²) in [4.78, 5) is 21.8. The lowest BCUT2D eigenvalue weighted by Gasteiger charge is -2.10. The van der Waals surface area contributed by atoms with E-state index in [0.29, 0.717) is 23.8 Å². The SMILES string of the molecule is COc1ccccc1OCC(=O)NCCSCC(=O)O. The van der Waals surface area contributed by atoms with Crippen LogP contribution in [-0.2, 0) is 9.59 Å². The molecular formula is C13H17NO5S. The van der Waals surface area contributed by atoms with Gasteiger partial charge in [0.1, 0.15) is 0 Å². The Balaban J connectivity index is 2.21. The number of hydrogen-bond acceptors (Lipinski definition) is 5. The molecule has 0 heterocycles. The van der Waals surface area contributed by atoms with Gasteiger partial charge in [0.2, 0.25) is 0 Å². The molecule has 110 valence electrons. The molecule has 0 aliphatic heterocycles. The fraction of sp³-hybridized carbons (Fsp3) is 0.385. The van der Waals surface area contributed by atoms with E-state index in [9.17, 15) is 9.59 Å². The number of carbonyl (C=O) groups is 2. The number of methoxy groups -OCH3 is 1. The zero-order valence-electron chi connectivity index (χ0n) is 11.1. The normalized spacial score (nSPS) is 9.85. The molecule has 0 aliphatic carbocycles. The molecule has 6 nitrogen and oxygen atoms in total. The van der Waals surface area contributed by atoms with E-state index < -0.39 is 5.97 Å². The summed E-state index contributed by atoms with van der Waals surface area (Å²) < 4.78 is 10.4. The van der Waals surface area contributed by atoms with Crippen LogP contribution < -0.4 is 14.8 Å². The second-order valence-corrected chi connectivity index (χ2v) is 4.84. The average Bonchev–Trinajstić information content (AvgIpc) is 2.44. The molecule has 1 aromatic rings. The van der Waals surface area contributed by atoms with Crippen molar-refractivity contribution in [3.05, 3.63) is 24.3 Å². The van der Waals surface area contributed by atoms with Gasteiger partial charge in [-0.3, -0.25) is 9.59 Å². The Morgan fingerprint density at radius 2 is 2.00 bits per heavy atom. The third kappa shape index (κ3) is 6.33. The summed E-state index contributed by atoms with van der Waals surface area (Å²) in [6.07, 6.45) is 0. The molecule has 0 fully saturated rings. The largest absolute Gasteiger partial charge is 0.493 e. The zero-order chi connectivity index (χ0) is 14.8. The van der Waals surface area contributed by atoms with Crippen molar-refractivity contribution in [2.75, 3.05) is 31.8 Å². The van der Waals surface area contributed by atoms with E-state index >= 15 is 0 Å². The molecule has 1 rings (SSSR count). The van der Waals surface area contributed by atoms with Crippen molar-refractivity contribution in [2.24, 2.45) is 0 Å². The number of thioether (sulfide) groups is 1. The average molecular weight is 299 g/mol. The maximum absolute atomic E-state index is 11.5. The van der Waals surface area contributed by atoms with Crippen molar-refractivity contribution >= 4 is 23.6 Å². The summed E-state index contributed by atoms with van der Waals surface area (Å²) in [6, 6.07) is 7.06. The lowest BCUT2D eigenvalue weighted by Crippen LogP contribution is -2.30. The summed E-state index contributed by atoms with van der Waals surface area (Å²) in [6.45, 7) is 0.302. The number of carboxylic acid groups (broad SMARTS) is 1. The van der Waals surface area contributed by atoms with Gasteiger partial charge in [0.25, 0.3) is 5.91 Å². The van der Waals surface area contributed by atoms with Gasteiger partial charge in [-0.15, -0.1) is 11.8 Å². The second-order valence-electron chi connectivity index (χ2n) is 3.74. The van der Waals surface area contributed by atoms with Crippen LogP contribution in [0.5, 0.6) is 11.5 Å². The summed E-state index contributed by atoms with van der Waals surface area (Å²) in [7, 11) is 1.53. The Bertz CT molecular complexity index is 452. The van der Waals surface area contributed by atoms with E-state index in [1.165, 1.54) is 18.9 Å². The summed E-state index contributed by atoms with van der Waals surface area (Å²) in [5, 5.41) is 11.1. The Labute approximate surface area is 121 Å². The van der Waals surface area contributed by atoms with Crippen LogP contribution in [0.3, 0.4) is 0 Å². The third-order valence-corrected chi connectivity index (χ3v) is 3.17. The Morgan fingerprint density at radius 1 is 1.30 bits per heavy atom. The van der Waals surface area contributed by atoms with E-state index in [0.717, 1.165) is 0 Å². The fourth-order valence-electron chi connectivity index (χ4n) is 1.35. The lowest BCUT2D eigenvalue weighted by atomic mass is 10.3. The number of nitrogens with one attached hydrogen (secondary N) is 1. The van der Waals surface area contributed by atoms with Crippen molar-refractivity contribution in [3.8, 4) is 11.5 Å². The van der Waals surface area contributed by atoms with Gasteiger partial charge in [0, 0.05) is 12.3 Å². The van der Waals surface area contributed by atoms with E-state index in [1.807, 2.05) is 6.07 Å². The van der Waals surface area contributed by atoms with Crippen LogP contribution in [0.25, 0.3) is 0 Å². The molecule has 0 saturated carbocycles. The molecule has 0 spiro atoms. The minimum Gasteiger partial charge on any atom is -0.493 e. The highest BCUT2D eigenvalue weighted by Crippen LogP contribution is 2.25. The number of para-hydroxylation sites is 2. The summed E-state index contributed by atoms with van der Waals surface area (Å²) >= 11 is 1.25. The Morgan fingerprint density at radius 3 is 2.65 bits per heavy atom. The van der Waals surface area contributed by atoms with Crippen LogP contribution in [-0.4, -0.2) is 48.8 Å². The number of aliphatic carboxylic acids is 1. The van der Waals surface area contributed by atoms with Gasteiger partial charge in [-0.25, -0.2) is 0 Å². The van der Waals surface area contributed by atoms with Gasteiger partial charge in [0.15, 0.2) is 18.1 Å². The molecule has 20 heavy (non-hydrogen) atoms. The molecule has 0 radical (unpaired) electrons. The predicted octanol–water partition coefficient (Wildman–Crippen LogP) is 1.01. The quantitative estimate of drug-likeness (QED) is 0.662. The molecule has 0 atom stereocenters. The zero-order valence-corrected chi connectivity index (χ0v) is 11.9. The Kier molecular flexibility index (Phi) is 7.34. The van der Waals surface area contributed by atoms with Crippen molar-refractivity contribution in [2.45, 2.75) is 0 Å². The number of benzene rings is 1. The maximum atomic E-state index is 11.5. The summed E-state index contributed by atoms with van der Waals surface area (Å²) in [5.41, 5.74) is 0. The first-order chi connectivity index (χ1) is 9.63. The number of carboxylic acids is 1. The van der Waals surface area contributed by atoms with Gasteiger partial charge >= 0.3 is 5.97 Å². The van der Waals surface area contributed by atoms with Gasteiger partial charge in [-0.05, 0) is 12.1 Å². The molecule has 0 saturated heterocycles. The second kappa shape index (κ2) is 9.08. The van der Waals surface area contributed by atoms with E-state index in [4.69, 9.17) is 14.6 Å². The van der Waals surface area contributed by atoms with Crippen LogP contribution in [0.4, 0.5) is 0 Å². The first-order valence-electron chi connectivity index (χ1n) is 5.95. The lowest BCUT2D eigenvalue weighted by molar-refractivity contribution is -0.133. The molecule has 0 aromatic heterocycles. The minimum absolute atomic E-state index is 0.0353. The van der Waals surface area contributed by atoms with E-state index in [1.54, 1.807) is 18.2 Å². The highest BCUT2D eigenvalue weighted by Gasteiger charge is 2.06. The molecule has 2 N–H and O–H groups in total. The van der Waals surface area contributed by atoms with Crippen molar-refractivity contribution < 1.29 is 24.2 Å². The maximum Gasteiger partial charge on any atom is 0.313 e. The van der Waals surface area contributed by atoms with Crippen LogP contribution in [0.1, 0.15) is 0 Å². The summed E-state index contributed by atoms with van der Waals surface area (Å²) in [5.74, 6) is 0.538. The van der Waals surface area contributed by atoms with E-state index in [-0.39, 0.29) is 18.3 Å². The highest BCUT2D eigenvalue weighted by atomic mass is 32.2. The number of amides is 1. The monoisotopic (exact) mass is 299 g/mol. The van der Waals surface area contributed by atoms with Crippen molar-refractivity contribution in [1.29, 1.82) is 0 Å². The van der Waals surface area contributed by atoms with Crippen molar-refractivity contribution in [3.63, 3.8) is 0 Å². The van der Waals surface area contributed by atoms with Gasteiger partial charge in [0.05, 0.1) is 12.9 Å². The molecule has 1 aromatic carbocycles. The smallest absolute Gasteiger partial charge is 0.313 e. The van der Waals surface area contributed by atoms with Gasteiger partial charge in [-0.1, -0.05) is 12.1 Å². The molecule has 0 bridgehead atoms. The molecule has 7 heteroatoms. The molecule has 0 unspecified atom stereocenters. The van der Waals surface area contributed by atoms with Crippen LogP contribution >= 0.6 is 11.8 Å². The third-order valence-electron chi connectivity index (χ3n) is 2.22. The van der Waals surface area contributed by atoms with Crippen LogP contribution in [0, 0.1) is 0 Å². The first kappa shape index (κ1) is 16.2. The minimum atomic E-state index is -0.860. The highest BCUT2D eigenvalue weighted by molar-refractivity contribution is 7.99. The number of rotatable bonds is 9. The van der Waals surface area contributed by atoms with Gasteiger partial charge in [-0.2, -0.15) is 0 Å².